The number of rotatable bonds is 23. The number of aliphatic hydroxyl groups is 2. The van der Waals surface area contributed by atoms with Crippen molar-refractivity contribution in [1.29, 1.82) is 0 Å². The van der Waals surface area contributed by atoms with Crippen molar-refractivity contribution < 1.29 is 53.2 Å². The van der Waals surface area contributed by atoms with Crippen molar-refractivity contribution in [1.82, 2.24) is 4.90 Å². The number of nitro groups is 1. The second-order valence-electron chi connectivity index (χ2n) is 17.4. The fraction of sp³-hybridized carbons (Fsp3) is 0.423. The van der Waals surface area contributed by atoms with Gasteiger partial charge >= 0.3 is 6.09 Å². The third-order valence-electron chi connectivity index (χ3n) is 13.2. The minimum absolute atomic E-state index is 0.00594. The summed E-state index contributed by atoms with van der Waals surface area (Å²) in [6.45, 7) is 4.26. The van der Waals surface area contributed by atoms with Gasteiger partial charge in [0.05, 0.1) is 29.0 Å². The highest BCUT2D eigenvalue weighted by Crippen LogP contribution is 2.62. The van der Waals surface area contributed by atoms with E-state index in [1.54, 1.807) is 40.9 Å². The topological polar surface area (TPSA) is 181 Å². The van der Waals surface area contributed by atoms with Crippen LogP contribution in [-0.2, 0) is 27.5 Å². The molecule has 0 saturated heterocycles. The molecule has 1 fully saturated rings. The first kappa shape index (κ1) is 49.6. The third kappa shape index (κ3) is 11.2. The summed E-state index contributed by atoms with van der Waals surface area (Å²) >= 11 is 7.79. The van der Waals surface area contributed by atoms with E-state index in [9.17, 15) is 25.1 Å². The molecule has 4 aliphatic rings. The van der Waals surface area contributed by atoms with E-state index in [1.807, 2.05) is 60.9 Å². The van der Waals surface area contributed by atoms with Gasteiger partial charge in [-0.15, -0.1) is 29.9 Å². The van der Waals surface area contributed by atoms with E-state index in [1.165, 1.54) is 12.1 Å². The van der Waals surface area contributed by atoms with E-state index in [4.69, 9.17) is 50.0 Å². The second-order valence-corrected chi connectivity index (χ2v) is 18.6. The molecule has 0 radical (unpaired) electrons. The van der Waals surface area contributed by atoms with E-state index in [0.29, 0.717) is 52.9 Å². The van der Waals surface area contributed by atoms with Crippen molar-refractivity contribution in [2.45, 2.75) is 80.7 Å². The number of hydrogen-bond donors (Lipinski definition) is 2. The Morgan fingerprint density at radius 1 is 0.957 bits per heavy atom. The van der Waals surface area contributed by atoms with Crippen molar-refractivity contribution >= 4 is 40.9 Å². The van der Waals surface area contributed by atoms with Gasteiger partial charge in [-0.1, -0.05) is 36.2 Å². The Bertz CT molecular complexity index is 2490. The maximum atomic E-state index is 14.8. The summed E-state index contributed by atoms with van der Waals surface area (Å²) in [7, 11) is 0. The fourth-order valence-electron chi connectivity index (χ4n) is 10.1. The fourth-order valence-corrected chi connectivity index (χ4v) is 10.6. The Morgan fingerprint density at radius 2 is 1.68 bits per heavy atom. The van der Waals surface area contributed by atoms with Crippen LogP contribution < -0.4 is 18.9 Å². The lowest BCUT2D eigenvalue weighted by Gasteiger charge is -2.59. The van der Waals surface area contributed by atoms with E-state index >= 15 is 0 Å². The van der Waals surface area contributed by atoms with Crippen LogP contribution in [-0.4, -0.2) is 89.0 Å². The number of ether oxygens (including phenoxy) is 6. The zero-order chi connectivity index (χ0) is 48.3. The predicted octanol–water partition coefficient (Wildman–Crippen LogP) is 10.5. The molecule has 2 aliphatic heterocycles. The summed E-state index contributed by atoms with van der Waals surface area (Å²) < 4.78 is 38.3. The predicted molar refractivity (Wildman–Crippen MR) is 261 cm³/mol. The number of amides is 1. The van der Waals surface area contributed by atoms with Crippen molar-refractivity contribution in [2.24, 2.45) is 22.9 Å². The van der Waals surface area contributed by atoms with Crippen molar-refractivity contribution in [2.75, 3.05) is 45.4 Å². The van der Waals surface area contributed by atoms with Crippen molar-refractivity contribution in [3.63, 3.8) is 0 Å². The van der Waals surface area contributed by atoms with Crippen LogP contribution in [0, 0.1) is 27.9 Å². The van der Waals surface area contributed by atoms with Crippen molar-refractivity contribution in [3.05, 3.63) is 136 Å². The quantitative estimate of drug-likeness (QED) is 0.0179. The molecule has 366 valence electrons. The van der Waals surface area contributed by atoms with Gasteiger partial charge < -0.3 is 43.5 Å². The number of nitrogens with zero attached hydrogens (tertiary/aromatic N) is 3. The zero-order valence-electron chi connectivity index (χ0n) is 38.5. The smallest absolute Gasteiger partial charge is 0.410 e. The Kier molecular flexibility index (Phi) is 16.7. The number of alkyl halides is 1. The highest BCUT2D eigenvalue weighted by Gasteiger charge is 2.65. The first-order valence-electron chi connectivity index (χ1n) is 23.3. The molecule has 69 heavy (non-hydrogen) atoms. The molecule has 2 N–H and O–H groups in total. The number of allylic oxidation sites excluding steroid dienone is 1. The summed E-state index contributed by atoms with van der Waals surface area (Å²) in [5, 5.41) is 36.4. The summed E-state index contributed by atoms with van der Waals surface area (Å²) in [5.41, 5.74) is 3.63. The van der Waals surface area contributed by atoms with Crippen LogP contribution in [0.25, 0.3) is 0 Å². The third-order valence-corrected chi connectivity index (χ3v) is 14.1. The van der Waals surface area contributed by atoms with E-state index in [-0.39, 0.29) is 82.1 Å². The van der Waals surface area contributed by atoms with Gasteiger partial charge in [-0.05, 0) is 127 Å². The van der Waals surface area contributed by atoms with Crippen LogP contribution in [0.1, 0.15) is 67.6 Å². The average molecular weight is 985 g/mol. The van der Waals surface area contributed by atoms with Gasteiger partial charge in [0.2, 0.25) is 12.6 Å². The molecule has 4 aromatic carbocycles. The molecule has 0 aromatic heterocycles. The summed E-state index contributed by atoms with van der Waals surface area (Å²) in [6, 6.07) is 24.4. The highest BCUT2D eigenvalue weighted by molar-refractivity contribution is 7.98. The molecule has 8 rings (SSSR count). The first-order chi connectivity index (χ1) is 33.7. The number of unbranched alkanes of at least 4 members (excludes halogenated alkanes) is 2. The average Bonchev–Trinajstić information content (AvgIpc) is 3.84. The molecule has 1 amide bonds. The minimum Gasteiger partial charge on any atom is -0.459 e. The molecular formula is C52H58ClN3O12S. The number of non-ortho nitro benzene ring substituents is 1. The van der Waals surface area contributed by atoms with Crippen LogP contribution in [0.5, 0.6) is 28.7 Å². The number of hydrogen-bond acceptors (Lipinski definition) is 14. The molecule has 15 nitrogen and oxygen atoms in total. The van der Waals surface area contributed by atoms with E-state index in [2.05, 4.69) is 12.7 Å². The van der Waals surface area contributed by atoms with Gasteiger partial charge in [-0.25, -0.2) is 4.79 Å². The number of aliphatic hydroxyl groups excluding tert-OH is 2. The number of fused-ring (bicyclic) bond motifs is 3. The molecule has 1 saturated carbocycles. The maximum absolute atomic E-state index is 14.8. The number of halogens is 1. The van der Waals surface area contributed by atoms with Crippen molar-refractivity contribution in [3.8, 4) is 28.7 Å². The summed E-state index contributed by atoms with van der Waals surface area (Å²) in [5.74, 6) is 0.459. The second kappa shape index (κ2) is 23.2. The molecule has 0 spiro atoms. The van der Waals surface area contributed by atoms with Crippen LogP contribution in [0.15, 0.2) is 119 Å². The van der Waals surface area contributed by atoms with Gasteiger partial charge in [-0.2, -0.15) is 0 Å². The largest absolute Gasteiger partial charge is 0.459 e. The number of oxime groups is 1. The molecular weight excluding hydrogens is 926 g/mol. The van der Waals surface area contributed by atoms with Crippen LogP contribution in [0.4, 0.5) is 10.5 Å². The summed E-state index contributed by atoms with van der Waals surface area (Å²) in [4.78, 5) is 34.7. The Balaban J connectivity index is 1.32. The van der Waals surface area contributed by atoms with Crippen LogP contribution >= 0.6 is 23.4 Å². The van der Waals surface area contributed by atoms with E-state index < -0.39 is 28.8 Å². The Morgan fingerprint density at radius 3 is 2.41 bits per heavy atom. The number of carbonyl (C=O) groups is 1. The van der Waals surface area contributed by atoms with Gasteiger partial charge in [-0.3, -0.25) is 15.0 Å². The number of carbonyl (C=O) groups excluding carboxylic acids is 1. The minimum atomic E-state index is -1.58. The normalized spacial score (nSPS) is 22.4. The maximum Gasteiger partial charge on any atom is 0.410 e. The zero-order valence-corrected chi connectivity index (χ0v) is 40.1. The number of thioether (sulfide) groups is 1. The molecule has 2 heterocycles. The van der Waals surface area contributed by atoms with Crippen LogP contribution in [0.2, 0.25) is 0 Å². The Labute approximate surface area is 411 Å². The molecule has 17 heteroatoms. The van der Waals surface area contributed by atoms with Gasteiger partial charge in [0.15, 0.2) is 11.5 Å². The summed E-state index contributed by atoms with van der Waals surface area (Å²) in [6.07, 6.45) is 9.60. The lowest BCUT2D eigenvalue weighted by atomic mass is 9.55. The lowest BCUT2D eigenvalue weighted by Crippen LogP contribution is -2.70. The first-order valence-corrected chi connectivity index (χ1v) is 25.1. The lowest BCUT2D eigenvalue weighted by molar-refractivity contribution is -0.384. The van der Waals surface area contributed by atoms with Gasteiger partial charge in [0.25, 0.3) is 5.69 Å². The molecule has 4 aromatic rings. The molecule has 0 unspecified atom stereocenters. The van der Waals surface area contributed by atoms with Gasteiger partial charge in [0, 0.05) is 54.7 Å². The van der Waals surface area contributed by atoms with Crippen LogP contribution in [0.3, 0.4) is 0 Å². The Hall–Kier alpha value is -5.78. The van der Waals surface area contributed by atoms with E-state index in [0.717, 1.165) is 47.3 Å². The number of nitro benzene ring substituents is 1. The monoisotopic (exact) mass is 983 g/mol. The standard InChI is InChI=1S/C52H58ClN3O12S/c1-3-25-65-52-48(55(51(59)62-26-22-53)31-35-12-20-46-47(27-35)64-33-63-46)30-44(54-66-32-34-10-13-37(14-11-34)56(60)61)42-28-36(8-4-6-23-57)41(9-5-7-24-58)49(50(42)52)43-29-39(17-21-45(43)68-52)67-38-15-18-40(69-2)19-16-38/h3,10-21,27-29,36,41,48-50,57-58H,1,4-9,22-26,30-33H2,2H3/t36-,41+,48-,49+,50+,52+/m0/s1. The molecule has 0 bridgehead atoms. The SMILES string of the molecule is C=CCO[C@@]12Oc3ccc(Oc4ccc(SC)cc4)cc3[C@H]3[C@H](CCCCO)[C@@H](CCCCO)C=C(C(=NOCc4ccc([N+](=O)[O-])cc4)C[C@@H]1N(Cc1ccc4c(c1)OCO4)C(=O)OCCCl)[C@H]32. The molecule has 2 aliphatic carbocycles. The molecule has 6 atom stereocenters. The number of benzene rings is 4. The van der Waals surface area contributed by atoms with Gasteiger partial charge in [0.1, 0.15) is 36.5 Å². The highest BCUT2D eigenvalue weighted by atomic mass is 35.5.